The van der Waals surface area contributed by atoms with Gasteiger partial charge in [0.1, 0.15) is 0 Å². The van der Waals surface area contributed by atoms with Crippen LogP contribution in [-0.2, 0) is 9.53 Å². The van der Waals surface area contributed by atoms with E-state index in [9.17, 15) is 4.79 Å². The van der Waals surface area contributed by atoms with Crippen LogP contribution in [0.3, 0.4) is 0 Å². The van der Waals surface area contributed by atoms with Crippen molar-refractivity contribution in [1.82, 2.24) is 14.9 Å². The number of amides is 1. The molecular formula is C25H29ClN4O2. The summed E-state index contributed by atoms with van der Waals surface area (Å²) < 4.78 is 7.60. The van der Waals surface area contributed by atoms with Crippen LogP contribution in [0.25, 0.3) is 16.7 Å². The number of hydrogen-bond acceptors (Lipinski definition) is 4. The topological polar surface area (TPSA) is 59.4 Å². The maximum absolute atomic E-state index is 12.7. The molecule has 32 heavy (non-hydrogen) atoms. The number of fused-ring (bicyclic) bond motifs is 1. The van der Waals surface area contributed by atoms with E-state index in [1.807, 2.05) is 13.0 Å². The highest BCUT2D eigenvalue weighted by Crippen LogP contribution is 2.33. The molecule has 2 fully saturated rings. The molecular weight excluding hydrogens is 424 g/mol. The summed E-state index contributed by atoms with van der Waals surface area (Å²) in [5.41, 5.74) is 5.27. The van der Waals surface area contributed by atoms with Crippen LogP contribution < -0.4 is 10.2 Å². The molecule has 168 valence electrons. The van der Waals surface area contributed by atoms with Gasteiger partial charge in [0.05, 0.1) is 23.7 Å². The Morgan fingerprint density at radius 2 is 1.88 bits per heavy atom. The first-order valence-corrected chi connectivity index (χ1v) is 11.8. The second kappa shape index (κ2) is 8.75. The summed E-state index contributed by atoms with van der Waals surface area (Å²) in [7, 11) is 0. The van der Waals surface area contributed by atoms with Crippen LogP contribution in [0.1, 0.15) is 30.4 Å². The number of halogens is 1. The van der Waals surface area contributed by atoms with Gasteiger partial charge in [0, 0.05) is 36.3 Å². The number of anilines is 1. The van der Waals surface area contributed by atoms with Gasteiger partial charge in [-0.2, -0.15) is 0 Å². The molecule has 5 rings (SSSR count). The lowest BCUT2D eigenvalue weighted by atomic mass is 9.95. The number of imidazole rings is 1. The lowest BCUT2D eigenvalue weighted by Crippen LogP contribution is -2.44. The third-order valence-corrected chi connectivity index (χ3v) is 7.04. The van der Waals surface area contributed by atoms with Crippen molar-refractivity contribution in [3.8, 4) is 5.69 Å². The van der Waals surface area contributed by atoms with Crippen molar-refractivity contribution >= 4 is 34.5 Å². The molecule has 2 aliphatic heterocycles. The molecule has 0 spiro atoms. The van der Waals surface area contributed by atoms with Crippen LogP contribution in [0, 0.1) is 19.8 Å². The number of nitrogens with zero attached hydrogens (tertiary/aromatic N) is 3. The maximum Gasteiger partial charge on any atom is 0.223 e. The van der Waals surface area contributed by atoms with Gasteiger partial charge >= 0.3 is 0 Å². The van der Waals surface area contributed by atoms with Crippen LogP contribution in [-0.4, -0.2) is 47.8 Å². The van der Waals surface area contributed by atoms with Crippen molar-refractivity contribution < 1.29 is 9.53 Å². The van der Waals surface area contributed by atoms with E-state index < -0.39 is 0 Å². The molecule has 1 amide bonds. The fourth-order valence-corrected chi connectivity index (χ4v) is 4.82. The minimum absolute atomic E-state index is 0.0424. The normalized spacial score (nSPS) is 19.6. The Hall–Kier alpha value is -2.57. The summed E-state index contributed by atoms with van der Waals surface area (Å²) >= 11 is 6.41. The van der Waals surface area contributed by atoms with Crippen LogP contribution >= 0.6 is 11.6 Å². The number of carbonyl (C=O) groups excluding carboxylic acids is 1. The number of rotatable bonds is 4. The van der Waals surface area contributed by atoms with Crippen LogP contribution in [0.2, 0.25) is 5.02 Å². The summed E-state index contributed by atoms with van der Waals surface area (Å²) in [5, 5.41) is 3.89. The number of aromatic nitrogens is 2. The number of nitrogens with one attached hydrogen (secondary N) is 1. The molecule has 6 nitrogen and oxygen atoms in total. The lowest BCUT2D eigenvalue weighted by molar-refractivity contribution is -0.126. The first kappa shape index (κ1) is 21.3. The Morgan fingerprint density at radius 1 is 1.12 bits per heavy atom. The van der Waals surface area contributed by atoms with E-state index in [4.69, 9.17) is 21.3 Å². The predicted octanol–water partition coefficient (Wildman–Crippen LogP) is 4.42. The van der Waals surface area contributed by atoms with E-state index in [2.05, 4.69) is 52.0 Å². The third-order valence-electron chi connectivity index (χ3n) is 6.63. The molecule has 0 radical (unpaired) electrons. The SMILES string of the molecule is Cc1ccc(-n2c(N3CCC(C(=O)N[C@H]4CCOC4)CC3)nc3cc(Cl)c(C)cc32)cc1. The zero-order chi connectivity index (χ0) is 22.2. The minimum Gasteiger partial charge on any atom is -0.379 e. The van der Waals surface area contributed by atoms with Gasteiger partial charge in [-0.15, -0.1) is 0 Å². The van der Waals surface area contributed by atoms with Gasteiger partial charge in [0.25, 0.3) is 0 Å². The Balaban J connectivity index is 1.42. The largest absolute Gasteiger partial charge is 0.379 e. The highest BCUT2D eigenvalue weighted by molar-refractivity contribution is 6.32. The van der Waals surface area contributed by atoms with Crippen molar-refractivity contribution in [2.75, 3.05) is 31.2 Å². The summed E-state index contributed by atoms with van der Waals surface area (Å²) in [4.78, 5) is 20.0. The first-order chi connectivity index (χ1) is 15.5. The summed E-state index contributed by atoms with van der Waals surface area (Å²) in [6, 6.07) is 12.7. The zero-order valence-corrected chi connectivity index (χ0v) is 19.4. The molecule has 0 saturated carbocycles. The lowest BCUT2D eigenvalue weighted by Gasteiger charge is -2.32. The van der Waals surface area contributed by atoms with Crippen LogP contribution in [0.15, 0.2) is 36.4 Å². The molecule has 3 aromatic rings. The second-order valence-corrected chi connectivity index (χ2v) is 9.41. The minimum atomic E-state index is 0.0424. The van der Waals surface area contributed by atoms with Crippen molar-refractivity contribution in [2.24, 2.45) is 5.92 Å². The predicted molar refractivity (Wildman–Crippen MR) is 128 cm³/mol. The zero-order valence-electron chi connectivity index (χ0n) is 18.6. The van der Waals surface area contributed by atoms with Gasteiger partial charge in [-0.3, -0.25) is 9.36 Å². The number of benzene rings is 2. The quantitative estimate of drug-likeness (QED) is 0.636. The summed E-state index contributed by atoms with van der Waals surface area (Å²) in [6.07, 6.45) is 2.54. The molecule has 0 unspecified atom stereocenters. The molecule has 1 N–H and O–H groups in total. The Bertz CT molecular complexity index is 1130. The smallest absolute Gasteiger partial charge is 0.223 e. The highest BCUT2D eigenvalue weighted by atomic mass is 35.5. The standard InChI is InChI=1S/C25H29ClN4O2/c1-16-3-5-20(6-4-16)30-23-13-17(2)21(26)14-22(23)28-25(30)29-10-7-18(8-11-29)24(31)27-19-9-12-32-15-19/h3-6,13-14,18-19H,7-12,15H2,1-2H3,(H,27,31)/t19-/m0/s1. The van der Waals surface area contributed by atoms with E-state index in [1.54, 1.807) is 0 Å². The van der Waals surface area contributed by atoms with E-state index in [0.717, 1.165) is 72.2 Å². The molecule has 1 aromatic heterocycles. The van der Waals surface area contributed by atoms with Gasteiger partial charge < -0.3 is 15.0 Å². The number of carbonyl (C=O) groups is 1. The summed E-state index contributed by atoms with van der Waals surface area (Å²) in [6.45, 7) is 7.07. The number of hydrogen-bond donors (Lipinski definition) is 1. The van der Waals surface area contributed by atoms with E-state index in [1.165, 1.54) is 5.56 Å². The Morgan fingerprint density at radius 3 is 2.56 bits per heavy atom. The van der Waals surface area contributed by atoms with Crippen LogP contribution in [0.5, 0.6) is 0 Å². The first-order valence-electron chi connectivity index (χ1n) is 11.4. The molecule has 1 atom stereocenters. The van der Waals surface area contributed by atoms with Crippen LogP contribution in [0.4, 0.5) is 5.95 Å². The molecule has 0 bridgehead atoms. The highest BCUT2D eigenvalue weighted by Gasteiger charge is 2.30. The number of ether oxygens (including phenoxy) is 1. The number of piperidine rings is 1. The van der Waals surface area contributed by atoms with Crippen molar-refractivity contribution in [2.45, 2.75) is 39.2 Å². The average molecular weight is 453 g/mol. The molecule has 7 heteroatoms. The fourth-order valence-electron chi connectivity index (χ4n) is 4.66. The maximum atomic E-state index is 12.7. The number of aryl methyl sites for hydroxylation is 2. The van der Waals surface area contributed by atoms with Crippen molar-refractivity contribution in [3.63, 3.8) is 0 Å². The van der Waals surface area contributed by atoms with Crippen molar-refractivity contribution in [1.29, 1.82) is 0 Å². The van der Waals surface area contributed by atoms with Gasteiger partial charge in [-0.05, 0) is 62.9 Å². The van der Waals surface area contributed by atoms with Crippen molar-refractivity contribution in [3.05, 3.63) is 52.5 Å². The van der Waals surface area contributed by atoms with E-state index in [0.29, 0.717) is 6.61 Å². The second-order valence-electron chi connectivity index (χ2n) is 9.00. The van der Waals surface area contributed by atoms with Gasteiger partial charge in [0.2, 0.25) is 11.9 Å². The molecule has 2 aliphatic rings. The van der Waals surface area contributed by atoms with Gasteiger partial charge in [0.15, 0.2) is 0 Å². The monoisotopic (exact) mass is 452 g/mol. The average Bonchev–Trinajstić information content (AvgIpc) is 3.43. The molecule has 2 aromatic carbocycles. The fraction of sp³-hybridized carbons (Fsp3) is 0.440. The summed E-state index contributed by atoms with van der Waals surface area (Å²) in [5.74, 6) is 1.11. The van der Waals surface area contributed by atoms with E-state index >= 15 is 0 Å². The molecule has 2 saturated heterocycles. The third kappa shape index (κ3) is 4.09. The van der Waals surface area contributed by atoms with Gasteiger partial charge in [-0.25, -0.2) is 4.98 Å². The Labute approximate surface area is 193 Å². The van der Waals surface area contributed by atoms with E-state index in [-0.39, 0.29) is 17.9 Å². The molecule has 3 heterocycles. The van der Waals surface area contributed by atoms with Gasteiger partial charge in [-0.1, -0.05) is 29.3 Å². The Kier molecular flexibility index (Phi) is 5.82. The molecule has 0 aliphatic carbocycles.